The number of ether oxygens (including phenoxy) is 2. The molecule has 3 N–H and O–H groups in total. The van der Waals surface area contributed by atoms with Crippen molar-refractivity contribution in [2.75, 3.05) is 20.3 Å². The predicted molar refractivity (Wildman–Crippen MR) is 100 cm³/mol. The number of rotatable bonds is 9. The van der Waals surface area contributed by atoms with Crippen LogP contribution >= 0.6 is 12.4 Å². The van der Waals surface area contributed by atoms with Crippen molar-refractivity contribution in [3.05, 3.63) is 23.8 Å². The van der Waals surface area contributed by atoms with Crippen molar-refractivity contribution in [2.24, 2.45) is 11.7 Å². The molecule has 1 rings (SSSR count). The normalized spacial score (nSPS) is 11.0. The van der Waals surface area contributed by atoms with Crippen LogP contribution in [0.4, 0.5) is 0 Å². The molecule has 0 unspecified atom stereocenters. The lowest BCUT2D eigenvalue weighted by Crippen LogP contribution is -2.52. The third-order valence-electron chi connectivity index (χ3n) is 4.12. The highest BCUT2D eigenvalue weighted by molar-refractivity contribution is 5.95. The Balaban J connectivity index is 0.00000529. The Morgan fingerprint density at radius 1 is 1.25 bits per heavy atom. The van der Waals surface area contributed by atoms with Crippen LogP contribution in [0.3, 0.4) is 0 Å². The van der Waals surface area contributed by atoms with Crippen molar-refractivity contribution < 1.29 is 14.3 Å². The van der Waals surface area contributed by atoms with Gasteiger partial charge in [0.05, 0.1) is 19.3 Å². The molecule has 138 valence electrons. The lowest BCUT2D eigenvalue weighted by molar-refractivity contribution is 0.0895. The van der Waals surface area contributed by atoms with Gasteiger partial charge in [-0.2, -0.15) is 0 Å². The summed E-state index contributed by atoms with van der Waals surface area (Å²) in [5, 5.41) is 3.06. The van der Waals surface area contributed by atoms with Crippen molar-refractivity contribution >= 4 is 18.3 Å². The Morgan fingerprint density at radius 2 is 1.88 bits per heavy atom. The van der Waals surface area contributed by atoms with Gasteiger partial charge in [0.25, 0.3) is 5.91 Å². The molecule has 0 heterocycles. The van der Waals surface area contributed by atoms with Gasteiger partial charge in [0, 0.05) is 12.1 Å². The minimum Gasteiger partial charge on any atom is -0.493 e. The van der Waals surface area contributed by atoms with Crippen LogP contribution < -0.4 is 20.5 Å². The fourth-order valence-corrected chi connectivity index (χ4v) is 2.26. The fourth-order valence-electron chi connectivity index (χ4n) is 2.26. The highest BCUT2D eigenvalue weighted by Crippen LogP contribution is 2.29. The van der Waals surface area contributed by atoms with Gasteiger partial charge in [0.15, 0.2) is 11.5 Å². The van der Waals surface area contributed by atoms with Crippen molar-refractivity contribution in [1.82, 2.24) is 5.32 Å². The summed E-state index contributed by atoms with van der Waals surface area (Å²) < 4.78 is 11.1. The second-order valence-corrected chi connectivity index (χ2v) is 6.22. The third-order valence-corrected chi connectivity index (χ3v) is 4.12. The minimum atomic E-state index is -0.364. The number of nitrogens with two attached hydrogens (primary N) is 1. The van der Waals surface area contributed by atoms with Crippen LogP contribution in [0.2, 0.25) is 0 Å². The Labute approximate surface area is 151 Å². The van der Waals surface area contributed by atoms with E-state index in [9.17, 15) is 4.79 Å². The predicted octanol–water partition coefficient (Wildman–Crippen LogP) is 3.40. The molecule has 0 aliphatic rings. The van der Waals surface area contributed by atoms with Gasteiger partial charge in [-0.3, -0.25) is 4.79 Å². The molecular weight excluding hydrogens is 328 g/mol. The van der Waals surface area contributed by atoms with Crippen molar-refractivity contribution in [3.63, 3.8) is 0 Å². The highest BCUT2D eigenvalue weighted by atomic mass is 35.5. The summed E-state index contributed by atoms with van der Waals surface area (Å²) in [6, 6.07) is 5.23. The van der Waals surface area contributed by atoms with Crippen molar-refractivity contribution in [3.8, 4) is 11.5 Å². The number of methoxy groups -OCH3 is 1. The van der Waals surface area contributed by atoms with E-state index in [-0.39, 0.29) is 23.9 Å². The maximum absolute atomic E-state index is 12.5. The van der Waals surface area contributed by atoms with Gasteiger partial charge in [-0.1, -0.05) is 27.7 Å². The Hall–Kier alpha value is -1.46. The topological polar surface area (TPSA) is 73.6 Å². The molecule has 1 aromatic carbocycles. The zero-order chi connectivity index (χ0) is 17.5. The van der Waals surface area contributed by atoms with Gasteiger partial charge in [0.1, 0.15) is 0 Å². The molecule has 0 aliphatic heterocycles. The minimum absolute atomic E-state index is 0. The molecule has 0 saturated heterocycles. The molecule has 0 aromatic heterocycles. The first kappa shape index (κ1) is 22.5. The Kier molecular flexibility index (Phi) is 9.78. The molecule has 1 amide bonds. The highest BCUT2D eigenvalue weighted by Gasteiger charge is 2.27. The molecule has 0 saturated carbocycles. The van der Waals surface area contributed by atoms with E-state index in [1.54, 1.807) is 25.3 Å². The van der Waals surface area contributed by atoms with E-state index in [2.05, 4.69) is 19.2 Å². The van der Waals surface area contributed by atoms with Crippen LogP contribution in [0.25, 0.3) is 0 Å². The van der Waals surface area contributed by atoms with Gasteiger partial charge < -0.3 is 20.5 Å². The van der Waals surface area contributed by atoms with E-state index < -0.39 is 0 Å². The molecule has 5 nitrogen and oxygen atoms in total. The lowest BCUT2D eigenvalue weighted by Gasteiger charge is -2.31. The molecule has 0 radical (unpaired) electrons. The molecule has 0 spiro atoms. The van der Waals surface area contributed by atoms with Gasteiger partial charge in [-0.25, -0.2) is 0 Å². The van der Waals surface area contributed by atoms with E-state index in [0.717, 1.165) is 12.8 Å². The van der Waals surface area contributed by atoms with Crippen LogP contribution in [0.15, 0.2) is 18.2 Å². The van der Waals surface area contributed by atoms with Crippen molar-refractivity contribution in [1.29, 1.82) is 0 Å². The summed E-state index contributed by atoms with van der Waals surface area (Å²) >= 11 is 0. The maximum atomic E-state index is 12.5. The first-order valence-corrected chi connectivity index (χ1v) is 8.24. The van der Waals surface area contributed by atoms with Gasteiger partial charge >= 0.3 is 0 Å². The van der Waals surface area contributed by atoms with Crippen LogP contribution in [0.5, 0.6) is 11.5 Å². The summed E-state index contributed by atoms with van der Waals surface area (Å²) in [7, 11) is 1.57. The van der Waals surface area contributed by atoms with Gasteiger partial charge in [-0.05, 0) is 37.0 Å². The third kappa shape index (κ3) is 5.87. The van der Waals surface area contributed by atoms with E-state index in [1.807, 2.05) is 13.8 Å². The van der Waals surface area contributed by atoms with E-state index >= 15 is 0 Å². The number of benzene rings is 1. The van der Waals surface area contributed by atoms with E-state index in [4.69, 9.17) is 15.2 Å². The quantitative estimate of drug-likeness (QED) is 0.709. The number of hydrogen-bond acceptors (Lipinski definition) is 4. The smallest absolute Gasteiger partial charge is 0.251 e. The summed E-state index contributed by atoms with van der Waals surface area (Å²) in [6.45, 7) is 9.23. The zero-order valence-electron chi connectivity index (χ0n) is 15.3. The fraction of sp³-hybridized carbons (Fsp3) is 0.611. The molecule has 0 bridgehead atoms. The first-order chi connectivity index (χ1) is 10.9. The van der Waals surface area contributed by atoms with Crippen LogP contribution in [-0.4, -0.2) is 31.7 Å². The molecular formula is C18H31ClN2O3. The summed E-state index contributed by atoms with van der Waals surface area (Å²) in [4.78, 5) is 12.5. The van der Waals surface area contributed by atoms with E-state index in [1.165, 1.54) is 0 Å². The Bertz CT molecular complexity index is 509. The van der Waals surface area contributed by atoms with E-state index in [0.29, 0.717) is 36.1 Å². The number of halogens is 1. The molecule has 0 aliphatic carbocycles. The first-order valence-electron chi connectivity index (χ1n) is 8.24. The van der Waals surface area contributed by atoms with Gasteiger partial charge in [-0.15, -0.1) is 12.4 Å². The monoisotopic (exact) mass is 358 g/mol. The molecule has 24 heavy (non-hydrogen) atoms. The second-order valence-electron chi connectivity index (χ2n) is 6.22. The molecule has 0 fully saturated rings. The van der Waals surface area contributed by atoms with Crippen LogP contribution in [0.1, 0.15) is 50.9 Å². The van der Waals surface area contributed by atoms with Gasteiger partial charge in [0.2, 0.25) is 0 Å². The number of hydrogen-bond donors (Lipinski definition) is 2. The number of carbonyl (C=O) groups is 1. The zero-order valence-corrected chi connectivity index (χ0v) is 16.2. The average molecular weight is 359 g/mol. The maximum Gasteiger partial charge on any atom is 0.251 e. The van der Waals surface area contributed by atoms with Crippen molar-refractivity contribution in [2.45, 2.75) is 46.1 Å². The van der Waals surface area contributed by atoms with Crippen LogP contribution in [-0.2, 0) is 0 Å². The number of carbonyl (C=O) groups excluding carboxylic acids is 1. The number of nitrogens with one attached hydrogen (secondary N) is 1. The SMILES string of the molecule is CCC(CC)(CN)NC(=O)c1ccc(OCC(C)C)c(OC)c1.Cl. The molecule has 0 atom stereocenters. The molecule has 6 heteroatoms. The largest absolute Gasteiger partial charge is 0.493 e. The van der Waals surface area contributed by atoms with Crippen LogP contribution in [0, 0.1) is 5.92 Å². The lowest BCUT2D eigenvalue weighted by atomic mass is 9.92. The summed E-state index contributed by atoms with van der Waals surface area (Å²) in [5.74, 6) is 1.48. The summed E-state index contributed by atoms with van der Waals surface area (Å²) in [6.07, 6.45) is 1.58. The Morgan fingerprint density at radius 3 is 2.33 bits per heavy atom. The summed E-state index contributed by atoms with van der Waals surface area (Å²) in [5.41, 5.74) is 6.02. The average Bonchev–Trinajstić information content (AvgIpc) is 2.57. The molecule has 1 aromatic rings. The standard InChI is InChI=1S/C18H30N2O3.ClH/c1-6-18(7-2,12-19)20-17(21)14-8-9-15(16(10-14)22-5)23-11-13(3)4;/h8-10,13H,6-7,11-12,19H2,1-5H3,(H,20,21);1H. The second kappa shape index (κ2) is 10.4. The number of amides is 1.